The smallest absolute Gasteiger partial charge is 0.0542 e. The predicted molar refractivity (Wildman–Crippen MR) is 74.8 cm³/mol. The summed E-state index contributed by atoms with van der Waals surface area (Å²) in [5, 5.41) is 3.49. The zero-order valence-corrected chi connectivity index (χ0v) is 11.9. The summed E-state index contributed by atoms with van der Waals surface area (Å²) < 4.78 is 1.04. The minimum atomic E-state index is 0.889. The van der Waals surface area contributed by atoms with Crippen LogP contribution in [0.15, 0.2) is 22.8 Å². The normalized spacial score (nSPS) is 17.2. The van der Waals surface area contributed by atoms with Gasteiger partial charge >= 0.3 is 0 Å². The molecule has 0 unspecified atom stereocenters. The Morgan fingerprint density at radius 3 is 2.76 bits per heavy atom. The molecule has 17 heavy (non-hydrogen) atoms. The van der Waals surface area contributed by atoms with E-state index in [1.165, 1.54) is 38.5 Å². The number of hydrogen-bond acceptors (Lipinski definition) is 2. The van der Waals surface area contributed by atoms with Gasteiger partial charge in [-0.25, -0.2) is 0 Å². The maximum Gasteiger partial charge on any atom is 0.0542 e. The molecule has 0 spiro atoms. The zero-order valence-electron chi connectivity index (χ0n) is 10.3. The van der Waals surface area contributed by atoms with Crippen LogP contribution >= 0.6 is 15.9 Å². The first-order valence-corrected chi connectivity index (χ1v) is 7.45. The average molecular weight is 297 g/mol. The van der Waals surface area contributed by atoms with Gasteiger partial charge in [-0.2, -0.15) is 0 Å². The SMILES string of the molecule is Brc1ccc(CNCCC2CCCCC2)nc1. The number of pyridine rings is 1. The van der Waals surface area contributed by atoms with Gasteiger partial charge in [-0.05, 0) is 46.9 Å². The van der Waals surface area contributed by atoms with Gasteiger partial charge in [-0.15, -0.1) is 0 Å². The van der Waals surface area contributed by atoms with Crippen molar-refractivity contribution in [3.05, 3.63) is 28.5 Å². The molecule has 3 heteroatoms. The Kier molecular flexibility index (Phi) is 5.46. The lowest BCUT2D eigenvalue weighted by Gasteiger charge is -2.21. The summed E-state index contributed by atoms with van der Waals surface area (Å²) in [5.41, 5.74) is 1.12. The van der Waals surface area contributed by atoms with Crippen molar-refractivity contribution in [2.24, 2.45) is 5.92 Å². The summed E-state index contributed by atoms with van der Waals surface area (Å²) in [6.45, 7) is 2.02. The summed E-state index contributed by atoms with van der Waals surface area (Å²) in [5.74, 6) is 0.967. The van der Waals surface area contributed by atoms with Gasteiger partial charge in [-0.3, -0.25) is 4.98 Å². The lowest BCUT2D eigenvalue weighted by molar-refractivity contribution is 0.333. The van der Waals surface area contributed by atoms with Crippen LogP contribution in [0.1, 0.15) is 44.2 Å². The average Bonchev–Trinajstić information content (AvgIpc) is 2.38. The summed E-state index contributed by atoms with van der Waals surface area (Å²) in [6.07, 6.45) is 10.4. The van der Waals surface area contributed by atoms with Gasteiger partial charge in [0, 0.05) is 17.2 Å². The molecule has 1 aromatic rings. The highest BCUT2D eigenvalue weighted by Crippen LogP contribution is 2.25. The van der Waals surface area contributed by atoms with Crippen LogP contribution in [0.5, 0.6) is 0 Å². The van der Waals surface area contributed by atoms with E-state index in [0.29, 0.717) is 0 Å². The second kappa shape index (κ2) is 7.12. The van der Waals surface area contributed by atoms with E-state index in [-0.39, 0.29) is 0 Å². The molecular formula is C14H21BrN2. The van der Waals surface area contributed by atoms with Crippen LogP contribution in [0.3, 0.4) is 0 Å². The summed E-state index contributed by atoms with van der Waals surface area (Å²) >= 11 is 3.40. The fourth-order valence-corrected chi connectivity index (χ4v) is 2.74. The molecule has 2 nitrogen and oxygen atoms in total. The lowest BCUT2D eigenvalue weighted by atomic mass is 9.87. The van der Waals surface area contributed by atoms with Crippen molar-refractivity contribution in [3.63, 3.8) is 0 Å². The van der Waals surface area contributed by atoms with Crippen LogP contribution in [-0.4, -0.2) is 11.5 Å². The van der Waals surface area contributed by atoms with Crippen LogP contribution in [0.25, 0.3) is 0 Å². The van der Waals surface area contributed by atoms with E-state index in [1.807, 2.05) is 12.3 Å². The van der Waals surface area contributed by atoms with E-state index in [4.69, 9.17) is 0 Å². The van der Waals surface area contributed by atoms with Crippen molar-refractivity contribution in [3.8, 4) is 0 Å². The van der Waals surface area contributed by atoms with Crippen LogP contribution in [0, 0.1) is 5.92 Å². The van der Waals surface area contributed by atoms with Gasteiger partial charge in [0.1, 0.15) is 0 Å². The maximum atomic E-state index is 4.35. The first kappa shape index (κ1) is 13.0. The third-order valence-corrected chi connectivity index (χ3v) is 4.02. The van der Waals surface area contributed by atoms with Crippen molar-refractivity contribution in [1.82, 2.24) is 10.3 Å². The standard InChI is InChI=1S/C14H21BrN2/c15-13-6-7-14(17-10-13)11-16-9-8-12-4-2-1-3-5-12/h6-7,10,12,16H,1-5,8-9,11H2. The quantitative estimate of drug-likeness (QED) is 0.834. The Labute approximate surface area is 112 Å². The fourth-order valence-electron chi connectivity index (χ4n) is 2.51. The molecule has 1 fully saturated rings. The van der Waals surface area contributed by atoms with E-state index in [2.05, 4.69) is 32.3 Å². The molecule has 0 aliphatic heterocycles. The van der Waals surface area contributed by atoms with E-state index in [1.54, 1.807) is 0 Å². The van der Waals surface area contributed by atoms with Gasteiger partial charge in [0.2, 0.25) is 0 Å². The first-order chi connectivity index (χ1) is 8.34. The molecule has 2 rings (SSSR count). The van der Waals surface area contributed by atoms with Gasteiger partial charge in [0.05, 0.1) is 5.69 Å². The molecule has 0 amide bonds. The Balaban J connectivity index is 1.60. The van der Waals surface area contributed by atoms with Crippen LogP contribution in [-0.2, 0) is 6.54 Å². The molecule has 1 aliphatic carbocycles. The van der Waals surface area contributed by atoms with E-state index >= 15 is 0 Å². The number of halogens is 1. The van der Waals surface area contributed by atoms with E-state index < -0.39 is 0 Å². The molecule has 0 atom stereocenters. The molecule has 94 valence electrons. The van der Waals surface area contributed by atoms with Crippen molar-refractivity contribution in [2.75, 3.05) is 6.54 Å². The first-order valence-electron chi connectivity index (χ1n) is 6.66. The fraction of sp³-hybridized carbons (Fsp3) is 0.643. The molecule has 0 bridgehead atoms. The minimum absolute atomic E-state index is 0.889. The lowest BCUT2D eigenvalue weighted by Crippen LogP contribution is -2.19. The summed E-state index contributed by atoms with van der Waals surface area (Å²) in [4.78, 5) is 4.35. The van der Waals surface area contributed by atoms with Crippen molar-refractivity contribution >= 4 is 15.9 Å². The Bertz CT molecular complexity index is 317. The number of rotatable bonds is 5. The largest absolute Gasteiger partial charge is 0.311 e. The van der Waals surface area contributed by atoms with Crippen molar-refractivity contribution in [2.45, 2.75) is 45.1 Å². The van der Waals surface area contributed by atoms with Gasteiger partial charge in [0.25, 0.3) is 0 Å². The third-order valence-electron chi connectivity index (χ3n) is 3.55. The molecule has 1 aromatic heterocycles. The molecular weight excluding hydrogens is 276 g/mol. The molecule has 0 aromatic carbocycles. The van der Waals surface area contributed by atoms with Gasteiger partial charge < -0.3 is 5.32 Å². The Morgan fingerprint density at radius 1 is 1.24 bits per heavy atom. The highest BCUT2D eigenvalue weighted by Gasteiger charge is 2.12. The molecule has 0 saturated heterocycles. The highest BCUT2D eigenvalue weighted by molar-refractivity contribution is 9.10. The van der Waals surface area contributed by atoms with Gasteiger partial charge in [-0.1, -0.05) is 32.1 Å². The van der Waals surface area contributed by atoms with Crippen LogP contribution in [0.4, 0.5) is 0 Å². The predicted octanol–water partition coefficient (Wildman–Crippen LogP) is 3.90. The van der Waals surface area contributed by atoms with Crippen LogP contribution < -0.4 is 5.32 Å². The highest BCUT2D eigenvalue weighted by atomic mass is 79.9. The Hall–Kier alpha value is -0.410. The number of nitrogens with zero attached hydrogens (tertiary/aromatic N) is 1. The second-order valence-electron chi connectivity index (χ2n) is 4.94. The molecule has 1 N–H and O–H groups in total. The zero-order chi connectivity index (χ0) is 11.9. The summed E-state index contributed by atoms with van der Waals surface area (Å²) in [6, 6.07) is 4.11. The topological polar surface area (TPSA) is 24.9 Å². The minimum Gasteiger partial charge on any atom is -0.311 e. The molecule has 1 saturated carbocycles. The molecule has 0 radical (unpaired) electrons. The third kappa shape index (κ3) is 4.76. The second-order valence-corrected chi connectivity index (χ2v) is 5.85. The van der Waals surface area contributed by atoms with E-state index in [9.17, 15) is 0 Å². The van der Waals surface area contributed by atoms with Crippen molar-refractivity contribution in [1.29, 1.82) is 0 Å². The number of hydrogen-bond donors (Lipinski definition) is 1. The number of nitrogens with one attached hydrogen (secondary N) is 1. The summed E-state index contributed by atoms with van der Waals surface area (Å²) in [7, 11) is 0. The Morgan fingerprint density at radius 2 is 2.06 bits per heavy atom. The van der Waals surface area contributed by atoms with Crippen molar-refractivity contribution < 1.29 is 0 Å². The maximum absolute atomic E-state index is 4.35. The van der Waals surface area contributed by atoms with Gasteiger partial charge in [0.15, 0.2) is 0 Å². The molecule has 1 heterocycles. The van der Waals surface area contributed by atoms with E-state index in [0.717, 1.165) is 29.2 Å². The number of aromatic nitrogens is 1. The monoisotopic (exact) mass is 296 g/mol. The molecule has 1 aliphatic rings. The van der Waals surface area contributed by atoms with Crippen LogP contribution in [0.2, 0.25) is 0 Å².